The van der Waals surface area contributed by atoms with Gasteiger partial charge in [0.1, 0.15) is 0 Å². The predicted molar refractivity (Wildman–Crippen MR) is 54.7 cm³/mol. The van der Waals surface area contributed by atoms with Crippen LogP contribution in [-0.4, -0.2) is 5.78 Å². The first-order chi connectivity index (χ1) is 6.09. The molecule has 0 fully saturated rings. The van der Waals surface area contributed by atoms with E-state index in [-0.39, 0.29) is 5.78 Å². The predicted octanol–water partition coefficient (Wildman–Crippen LogP) is 3.05. The van der Waals surface area contributed by atoms with Crippen molar-refractivity contribution in [1.29, 1.82) is 0 Å². The van der Waals surface area contributed by atoms with Crippen LogP contribution in [0.25, 0.3) is 0 Å². The van der Waals surface area contributed by atoms with Gasteiger partial charge in [-0.3, -0.25) is 4.79 Å². The minimum Gasteiger partial charge on any atom is -0.295 e. The number of rotatable bonds is 3. The zero-order valence-electron chi connectivity index (χ0n) is 8.42. The fraction of sp³-hybridized carbons (Fsp3) is 0.333. The Hall–Kier alpha value is -1.11. The Balaban J connectivity index is 2.85. The molecule has 69 valence electrons. The summed E-state index contributed by atoms with van der Waals surface area (Å²) in [6.07, 6.45) is 0.959. The number of hydrogen-bond donors (Lipinski definition) is 0. The molecular formula is C12H15O. The van der Waals surface area contributed by atoms with Gasteiger partial charge < -0.3 is 0 Å². The molecule has 0 aliphatic heterocycles. The highest BCUT2D eigenvalue weighted by Gasteiger charge is 2.01. The first-order valence-electron chi connectivity index (χ1n) is 4.48. The van der Waals surface area contributed by atoms with Crippen molar-refractivity contribution in [2.75, 3.05) is 0 Å². The van der Waals surface area contributed by atoms with E-state index in [1.165, 1.54) is 11.5 Å². The molecule has 0 spiro atoms. The molecule has 0 aromatic heterocycles. The molecule has 1 radical (unpaired) electrons. The SMILES string of the molecule is C[C](C)Cc1cccc(C(C)=O)c1. The maximum atomic E-state index is 11.1. The van der Waals surface area contributed by atoms with Crippen molar-refractivity contribution in [3.63, 3.8) is 0 Å². The molecule has 1 heteroatoms. The van der Waals surface area contributed by atoms with Crippen LogP contribution in [-0.2, 0) is 6.42 Å². The second-order valence-corrected chi connectivity index (χ2v) is 3.64. The Labute approximate surface area is 79.8 Å². The van der Waals surface area contributed by atoms with Crippen LogP contribution in [0, 0.1) is 5.92 Å². The van der Waals surface area contributed by atoms with Gasteiger partial charge >= 0.3 is 0 Å². The number of Topliss-reactive ketones (excluding diaryl/α,β-unsaturated/α-hetero) is 1. The van der Waals surface area contributed by atoms with Gasteiger partial charge in [-0.2, -0.15) is 0 Å². The van der Waals surface area contributed by atoms with E-state index in [0.717, 1.165) is 12.0 Å². The van der Waals surface area contributed by atoms with Gasteiger partial charge in [-0.25, -0.2) is 0 Å². The van der Waals surface area contributed by atoms with Gasteiger partial charge in [-0.15, -0.1) is 0 Å². The Morgan fingerprint density at radius 2 is 1.92 bits per heavy atom. The molecular weight excluding hydrogens is 160 g/mol. The molecule has 0 N–H and O–H groups in total. The summed E-state index contributed by atoms with van der Waals surface area (Å²) in [7, 11) is 0. The molecule has 1 nitrogen and oxygen atoms in total. The summed E-state index contributed by atoms with van der Waals surface area (Å²) >= 11 is 0. The summed E-state index contributed by atoms with van der Waals surface area (Å²) in [5.41, 5.74) is 2.02. The van der Waals surface area contributed by atoms with Crippen molar-refractivity contribution < 1.29 is 4.79 Å². The van der Waals surface area contributed by atoms with E-state index < -0.39 is 0 Å². The monoisotopic (exact) mass is 175 g/mol. The Kier molecular flexibility index (Phi) is 3.24. The number of carbonyl (C=O) groups is 1. The maximum Gasteiger partial charge on any atom is 0.159 e. The van der Waals surface area contributed by atoms with Crippen molar-refractivity contribution in [2.45, 2.75) is 27.2 Å². The summed E-state index contributed by atoms with van der Waals surface area (Å²) in [6.45, 7) is 5.79. The van der Waals surface area contributed by atoms with Gasteiger partial charge in [0.2, 0.25) is 0 Å². The zero-order valence-corrected chi connectivity index (χ0v) is 8.42. The second kappa shape index (κ2) is 4.22. The summed E-state index contributed by atoms with van der Waals surface area (Å²) in [5, 5.41) is 0. The van der Waals surface area contributed by atoms with Crippen LogP contribution in [0.1, 0.15) is 36.7 Å². The highest BCUT2D eigenvalue weighted by molar-refractivity contribution is 5.94. The second-order valence-electron chi connectivity index (χ2n) is 3.64. The lowest BCUT2D eigenvalue weighted by atomic mass is 10.00. The third-order valence-corrected chi connectivity index (χ3v) is 1.89. The highest BCUT2D eigenvalue weighted by atomic mass is 16.1. The first kappa shape index (κ1) is 9.97. The van der Waals surface area contributed by atoms with Gasteiger partial charge in [0.15, 0.2) is 5.78 Å². The molecule has 0 saturated heterocycles. The fourth-order valence-corrected chi connectivity index (χ4v) is 1.31. The van der Waals surface area contributed by atoms with Gasteiger partial charge in [0, 0.05) is 5.56 Å². The quantitative estimate of drug-likeness (QED) is 0.645. The molecule has 0 amide bonds. The van der Waals surface area contributed by atoms with Crippen molar-refractivity contribution in [3.8, 4) is 0 Å². The summed E-state index contributed by atoms with van der Waals surface area (Å²) in [4.78, 5) is 11.1. The van der Waals surface area contributed by atoms with Crippen molar-refractivity contribution in [2.24, 2.45) is 0 Å². The Morgan fingerprint density at radius 1 is 1.23 bits per heavy atom. The van der Waals surface area contributed by atoms with E-state index in [2.05, 4.69) is 19.9 Å². The average Bonchev–Trinajstić information content (AvgIpc) is 2.03. The lowest BCUT2D eigenvalue weighted by Crippen LogP contribution is -1.96. The number of ketones is 1. The molecule has 0 heterocycles. The molecule has 13 heavy (non-hydrogen) atoms. The maximum absolute atomic E-state index is 11.1. The Bertz CT molecular complexity index is 300. The zero-order chi connectivity index (χ0) is 9.84. The summed E-state index contributed by atoms with van der Waals surface area (Å²) in [6, 6.07) is 7.82. The normalized spacial score (nSPS) is 10.5. The van der Waals surface area contributed by atoms with Crippen molar-refractivity contribution >= 4 is 5.78 Å². The topological polar surface area (TPSA) is 17.1 Å². The number of carbonyl (C=O) groups excluding carboxylic acids is 1. The molecule has 0 saturated carbocycles. The molecule has 1 aromatic rings. The molecule has 0 atom stereocenters. The van der Waals surface area contributed by atoms with Crippen molar-refractivity contribution in [3.05, 3.63) is 41.3 Å². The fourth-order valence-electron chi connectivity index (χ4n) is 1.31. The first-order valence-corrected chi connectivity index (χ1v) is 4.48. The standard InChI is InChI=1S/C12H15O/c1-9(2)7-11-5-4-6-12(8-11)10(3)13/h4-6,8H,7H2,1-3H3. The number of hydrogen-bond acceptors (Lipinski definition) is 1. The minimum absolute atomic E-state index is 0.135. The van der Waals surface area contributed by atoms with Gasteiger partial charge in [0.05, 0.1) is 0 Å². The van der Waals surface area contributed by atoms with Crippen LogP contribution in [0.5, 0.6) is 0 Å². The van der Waals surface area contributed by atoms with Crippen LogP contribution < -0.4 is 0 Å². The molecule has 0 aliphatic rings. The molecule has 1 aromatic carbocycles. The average molecular weight is 175 g/mol. The molecule has 0 aliphatic carbocycles. The molecule has 1 rings (SSSR count). The van der Waals surface area contributed by atoms with Gasteiger partial charge in [0.25, 0.3) is 0 Å². The largest absolute Gasteiger partial charge is 0.295 e. The van der Waals surface area contributed by atoms with E-state index in [9.17, 15) is 4.79 Å². The van der Waals surface area contributed by atoms with E-state index in [4.69, 9.17) is 0 Å². The Morgan fingerprint density at radius 3 is 2.46 bits per heavy atom. The summed E-state index contributed by atoms with van der Waals surface area (Å²) < 4.78 is 0. The lowest BCUT2D eigenvalue weighted by Gasteiger charge is -2.05. The van der Waals surface area contributed by atoms with Crippen LogP contribution in [0.15, 0.2) is 24.3 Å². The van der Waals surface area contributed by atoms with Crippen LogP contribution in [0.4, 0.5) is 0 Å². The lowest BCUT2D eigenvalue weighted by molar-refractivity contribution is 0.101. The third-order valence-electron chi connectivity index (χ3n) is 1.89. The van der Waals surface area contributed by atoms with Crippen LogP contribution >= 0.6 is 0 Å². The van der Waals surface area contributed by atoms with E-state index in [0.29, 0.717) is 0 Å². The van der Waals surface area contributed by atoms with Crippen molar-refractivity contribution in [1.82, 2.24) is 0 Å². The van der Waals surface area contributed by atoms with E-state index >= 15 is 0 Å². The van der Waals surface area contributed by atoms with Gasteiger partial charge in [-0.05, 0) is 30.9 Å². The summed E-state index contributed by atoms with van der Waals surface area (Å²) in [5.74, 6) is 1.50. The van der Waals surface area contributed by atoms with Gasteiger partial charge in [-0.1, -0.05) is 32.0 Å². The van der Waals surface area contributed by atoms with Crippen LogP contribution in [0.3, 0.4) is 0 Å². The minimum atomic E-state index is 0.135. The van der Waals surface area contributed by atoms with E-state index in [1.807, 2.05) is 18.2 Å². The third kappa shape index (κ3) is 3.02. The number of benzene rings is 1. The molecule has 0 unspecified atom stereocenters. The highest BCUT2D eigenvalue weighted by Crippen LogP contribution is 2.11. The molecule has 0 bridgehead atoms. The smallest absolute Gasteiger partial charge is 0.159 e. The van der Waals surface area contributed by atoms with E-state index in [1.54, 1.807) is 6.92 Å². The van der Waals surface area contributed by atoms with Crippen LogP contribution in [0.2, 0.25) is 0 Å².